The van der Waals surface area contributed by atoms with Gasteiger partial charge in [-0.2, -0.15) is 0 Å². The topological polar surface area (TPSA) is 79.4 Å². The van der Waals surface area contributed by atoms with Crippen LogP contribution < -0.4 is 4.74 Å². The van der Waals surface area contributed by atoms with Gasteiger partial charge in [0.15, 0.2) is 0 Å². The van der Waals surface area contributed by atoms with Gasteiger partial charge in [0, 0.05) is 46.1 Å². The van der Waals surface area contributed by atoms with Crippen molar-refractivity contribution in [2.75, 3.05) is 13.2 Å². The van der Waals surface area contributed by atoms with E-state index in [-0.39, 0.29) is 30.2 Å². The second kappa shape index (κ2) is 10.3. The Morgan fingerprint density at radius 2 is 1.79 bits per heavy atom. The zero-order chi connectivity index (χ0) is 27.8. The Morgan fingerprint density at radius 1 is 1.00 bits per heavy atom. The third-order valence-electron chi connectivity index (χ3n) is 6.29. The predicted octanol–water partition coefficient (Wildman–Crippen LogP) is 6.96. The third kappa shape index (κ3) is 4.62. The van der Waals surface area contributed by atoms with E-state index in [0.29, 0.717) is 39.2 Å². The van der Waals surface area contributed by atoms with Crippen LogP contribution in [-0.2, 0) is 4.74 Å². The van der Waals surface area contributed by atoms with Crippen molar-refractivity contribution in [1.82, 2.24) is 14.7 Å². The molecule has 0 aliphatic heterocycles. The van der Waals surface area contributed by atoms with Crippen molar-refractivity contribution >= 4 is 17.0 Å². The zero-order valence-electron chi connectivity index (χ0n) is 21.6. The van der Waals surface area contributed by atoms with Gasteiger partial charge in [0.25, 0.3) is 0 Å². The van der Waals surface area contributed by atoms with Crippen molar-refractivity contribution in [3.63, 3.8) is 0 Å². The highest BCUT2D eigenvalue weighted by molar-refractivity contribution is 6.00. The molecule has 3 heterocycles. The van der Waals surface area contributed by atoms with Gasteiger partial charge in [-0.1, -0.05) is 5.16 Å². The molecule has 2 aromatic carbocycles. The van der Waals surface area contributed by atoms with Crippen molar-refractivity contribution in [3.8, 4) is 33.7 Å². The van der Waals surface area contributed by atoms with Crippen molar-refractivity contribution in [1.29, 1.82) is 0 Å². The molecule has 0 bridgehead atoms. The van der Waals surface area contributed by atoms with E-state index < -0.39 is 23.4 Å². The van der Waals surface area contributed by atoms with E-state index >= 15 is 4.39 Å². The number of benzene rings is 2. The fourth-order valence-electron chi connectivity index (χ4n) is 4.62. The molecule has 200 valence electrons. The van der Waals surface area contributed by atoms with Gasteiger partial charge < -0.3 is 14.0 Å². The number of ether oxygens (including phenoxy) is 2. The lowest BCUT2D eigenvalue weighted by Gasteiger charge is -2.13. The summed E-state index contributed by atoms with van der Waals surface area (Å²) < 4.78 is 61.5. The van der Waals surface area contributed by atoms with E-state index in [1.165, 1.54) is 22.8 Å². The maximum atomic E-state index is 15.3. The summed E-state index contributed by atoms with van der Waals surface area (Å²) in [4.78, 5) is 17.0. The maximum Gasteiger partial charge on any atom is 0.341 e. The van der Waals surface area contributed by atoms with Crippen LogP contribution in [-0.4, -0.2) is 33.9 Å². The monoisotopic (exact) mass is 535 g/mol. The molecule has 0 N–H and O–H groups in total. The molecule has 10 heteroatoms. The second-order valence-corrected chi connectivity index (χ2v) is 8.78. The van der Waals surface area contributed by atoms with Gasteiger partial charge in [-0.25, -0.2) is 22.9 Å². The van der Waals surface area contributed by atoms with Gasteiger partial charge in [-0.3, -0.25) is 4.57 Å². The van der Waals surface area contributed by atoms with Crippen LogP contribution >= 0.6 is 0 Å². The van der Waals surface area contributed by atoms with Gasteiger partial charge in [-0.05, 0) is 58.0 Å². The number of aryl methyl sites for hydroxylation is 2. The summed E-state index contributed by atoms with van der Waals surface area (Å²) in [6.45, 7) is 7.26. The molecule has 3 aromatic heterocycles. The van der Waals surface area contributed by atoms with E-state index in [4.69, 9.17) is 14.0 Å². The summed E-state index contributed by atoms with van der Waals surface area (Å²) in [5, 5.41) is 4.54. The molecular formula is C29H24F3N3O4. The number of esters is 1. The highest BCUT2D eigenvalue weighted by atomic mass is 19.1. The first kappa shape index (κ1) is 26.0. The van der Waals surface area contributed by atoms with Gasteiger partial charge in [0.05, 0.1) is 30.2 Å². The molecule has 39 heavy (non-hydrogen) atoms. The fourth-order valence-corrected chi connectivity index (χ4v) is 4.62. The lowest BCUT2D eigenvalue weighted by atomic mass is 9.99. The highest BCUT2D eigenvalue weighted by Crippen LogP contribution is 2.41. The fraction of sp³-hybridized carbons (Fsp3) is 0.207. The molecule has 0 aliphatic carbocycles. The van der Waals surface area contributed by atoms with Crippen LogP contribution in [0.5, 0.6) is 5.75 Å². The third-order valence-corrected chi connectivity index (χ3v) is 6.29. The number of pyridine rings is 1. The summed E-state index contributed by atoms with van der Waals surface area (Å²) in [6.07, 6.45) is 3.18. The summed E-state index contributed by atoms with van der Waals surface area (Å²) in [6, 6.07) is 7.50. The standard InChI is InChI=1S/C29H24F3N3O4/c1-5-37-26-12-21(29(36)38-6-2)23(31)11-19(26)22-14-35(25-8-7-18(30)10-24(25)32)28-20(22)9-17(13-33-28)27-15(3)34-39-16(27)4/h7-14H,5-6H2,1-4H3. The molecule has 0 spiro atoms. The summed E-state index contributed by atoms with van der Waals surface area (Å²) in [5.41, 5.74) is 2.95. The summed E-state index contributed by atoms with van der Waals surface area (Å²) >= 11 is 0. The number of hydrogen-bond acceptors (Lipinski definition) is 6. The zero-order valence-corrected chi connectivity index (χ0v) is 21.6. The Bertz CT molecular complexity index is 1710. The van der Waals surface area contributed by atoms with Crippen LogP contribution in [0, 0.1) is 31.3 Å². The van der Waals surface area contributed by atoms with Crippen LogP contribution in [0.15, 0.2) is 53.3 Å². The minimum absolute atomic E-state index is 0.0480. The molecule has 5 aromatic rings. The van der Waals surface area contributed by atoms with E-state index in [2.05, 4.69) is 10.1 Å². The molecular weight excluding hydrogens is 511 g/mol. The van der Waals surface area contributed by atoms with Gasteiger partial charge in [0.1, 0.15) is 34.6 Å². The number of rotatable bonds is 7. The molecule has 0 unspecified atom stereocenters. The first-order valence-electron chi connectivity index (χ1n) is 12.3. The predicted molar refractivity (Wildman–Crippen MR) is 138 cm³/mol. The van der Waals surface area contributed by atoms with E-state index in [1.54, 1.807) is 40.1 Å². The number of nitrogens with zero attached hydrogens (tertiary/aromatic N) is 3. The number of carbonyl (C=O) groups excluding carboxylic acids is 1. The first-order valence-corrected chi connectivity index (χ1v) is 12.3. The Kier molecular flexibility index (Phi) is 6.86. The maximum absolute atomic E-state index is 15.3. The molecule has 5 rings (SSSR count). The average molecular weight is 536 g/mol. The Balaban J connectivity index is 1.81. The molecule has 0 fully saturated rings. The number of carbonyl (C=O) groups is 1. The minimum atomic E-state index is -0.819. The van der Waals surface area contributed by atoms with Crippen molar-refractivity contribution < 1.29 is 32.0 Å². The summed E-state index contributed by atoms with van der Waals surface area (Å²) in [7, 11) is 0. The van der Waals surface area contributed by atoms with Crippen molar-refractivity contribution in [2.45, 2.75) is 27.7 Å². The SMILES string of the molecule is CCOC(=O)c1cc(OCC)c(-c2cn(-c3ccc(F)cc3F)c3ncc(-c4c(C)noc4C)cc23)cc1F. The molecule has 0 atom stereocenters. The summed E-state index contributed by atoms with van der Waals surface area (Å²) in [5.74, 6) is -2.35. The number of aromatic nitrogens is 3. The number of fused-ring (bicyclic) bond motifs is 1. The Labute approximate surface area is 221 Å². The van der Waals surface area contributed by atoms with Crippen LogP contribution in [0.2, 0.25) is 0 Å². The molecule has 0 radical (unpaired) electrons. The highest BCUT2D eigenvalue weighted by Gasteiger charge is 2.24. The second-order valence-electron chi connectivity index (χ2n) is 8.78. The van der Waals surface area contributed by atoms with E-state index in [9.17, 15) is 13.6 Å². The first-order chi connectivity index (χ1) is 18.7. The lowest BCUT2D eigenvalue weighted by Crippen LogP contribution is -2.08. The van der Waals surface area contributed by atoms with Crippen molar-refractivity contribution in [2.24, 2.45) is 0 Å². The van der Waals surface area contributed by atoms with E-state index in [0.717, 1.165) is 17.7 Å². The molecule has 7 nitrogen and oxygen atoms in total. The van der Waals surface area contributed by atoms with Crippen LogP contribution in [0.25, 0.3) is 39.0 Å². The smallest absolute Gasteiger partial charge is 0.341 e. The van der Waals surface area contributed by atoms with E-state index in [1.807, 2.05) is 6.07 Å². The Morgan fingerprint density at radius 3 is 2.46 bits per heavy atom. The normalized spacial score (nSPS) is 11.3. The Hall–Kier alpha value is -4.60. The van der Waals surface area contributed by atoms with Gasteiger partial charge in [0.2, 0.25) is 0 Å². The van der Waals surface area contributed by atoms with Crippen LogP contribution in [0.3, 0.4) is 0 Å². The average Bonchev–Trinajstić information content (AvgIpc) is 3.44. The van der Waals surface area contributed by atoms with Gasteiger partial charge >= 0.3 is 5.97 Å². The molecule has 0 amide bonds. The van der Waals surface area contributed by atoms with Crippen molar-refractivity contribution in [3.05, 3.63) is 83.3 Å². The molecule has 0 saturated carbocycles. The molecule has 0 saturated heterocycles. The van der Waals surface area contributed by atoms with Crippen LogP contribution in [0.4, 0.5) is 13.2 Å². The number of hydrogen-bond donors (Lipinski definition) is 0. The van der Waals surface area contributed by atoms with Gasteiger partial charge in [-0.15, -0.1) is 0 Å². The number of halogens is 3. The van der Waals surface area contributed by atoms with Crippen LogP contribution in [0.1, 0.15) is 35.7 Å². The minimum Gasteiger partial charge on any atom is -0.493 e. The molecule has 0 aliphatic rings. The lowest BCUT2D eigenvalue weighted by molar-refractivity contribution is 0.0520. The largest absolute Gasteiger partial charge is 0.493 e. The quantitative estimate of drug-likeness (QED) is 0.210.